The molecule has 0 spiro atoms. The second-order valence-electron chi connectivity index (χ2n) is 2.72. The Hall–Kier alpha value is -1.04. The van der Waals surface area contributed by atoms with E-state index in [1.54, 1.807) is 24.3 Å². The first-order valence-corrected chi connectivity index (χ1v) is 5.41. The Balaban J connectivity index is 2.83. The average Bonchev–Trinajstić information content (AvgIpc) is 2.16. The van der Waals surface area contributed by atoms with E-state index in [4.69, 9.17) is 5.73 Å². The molecule has 1 atom stereocenters. The zero-order chi connectivity index (χ0) is 10.6. The van der Waals surface area contributed by atoms with Crippen LogP contribution < -0.4 is 11.1 Å². The van der Waals surface area contributed by atoms with Crippen molar-refractivity contribution in [2.24, 2.45) is 5.73 Å². The molecule has 0 aliphatic rings. The van der Waals surface area contributed by atoms with Gasteiger partial charge in [0.05, 0.1) is 0 Å². The Kier molecular flexibility index (Phi) is 3.94. The van der Waals surface area contributed by atoms with Gasteiger partial charge in [-0.15, -0.1) is 0 Å². The molecule has 0 saturated heterocycles. The first-order chi connectivity index (χ1) is 6.63. The Morgan fingerprint density at radius 3 is 2.93 bits per heavy atom. The summed E-state index contributed by atoms with van der Waals surface area (Å²) in [6.45, 7) is 1.42. The lowest BCUT2D eigenvalue weighted by atomic mass is 10.3. The van der Waals surface area contributed by atoms with Crippen LogP contribution in [0.4, 0.5) is 5.69 Å². The van der Waals surface area contributed by atoms with Crippen molar-refractivity contribution in [1.82, 2.24) is 0 Å². The molecule has 76 valence electrons. The molecule has 1 unspecified atom stereocenters. The van der Waals surface area contributed by atoms with Crippen LogP contribution in [0.1, 0.15) is 6.92 Å². The summed E-state index contributed by atoms with van der Waals surface area (Å²) < 4.78 is 11.3. The highest BCUT2D eigenvalue weighted by Gasteiger charge is 2.08. The number of carbonyl (C=O) groups is 1. The SMILES string of the molecule is CC(=O)Nc1cccc([S+]([O-])CN)c1. The molecule has 0 heterocycles. The van der Waals surface area contributed by atoms with Crippen LogP contribution in [0.3, 0.4) is 0 Å². The van der Waals surface area contributed by atoms with Gasteiger partial charge in [-0.1, -0.05) is 6.07 Å². The summed E-state index contributed by atoms with van der Waals surface area (Å²) in [5.74, 6) is -0.0653. The molecule has 14 heavy (non-hydrogen) atoms. The van der Waals surface area contributed by atoms with E-state index in [0.717, 1.165) is 0 Å². The summed E-state index contributed by atoms with van der Waals surface area (Å²) in [7, 11) is 0. The number of hydrogen-bond acceptors (Lipinski definition) is 3. The Morgan fingerprint density at radius 1 is 1.64 bits per heavy atom. The number of rotatable bonds is 3. The highest BCUT2D eigenvalue weighted by molar-refractivity contribution is 7.91. The highest BCUT2D eigenvalue weighted by atomic mass is 32.2. The summed E-state index contributed by atoms with van der Waals surface area (Å²) in [4.78, 5) is 11.4. The second-order valence-corrected chi connectivity index (χ2v) is 4.22. The molecule has 0 fully saturated rings. The number of hydrogen-bond donors (Lipinski definition) is 2. The monoisotopic (exact) mass is 212 g/mol. The van der Waals surface area contributed by atoms with Crippen LogP contribution in [-0.2, 0) is 16.0 Å². The van der Waals surface area contributed by atoms with Crippen LogP contribution in [0.25, 0.3) is 0 Å². The van der Waals surface area contributed by atoms with Crippen molar-refractivity contribution in [3.05, 3.63) is 24.3 Å². The molecule has 4 nitrogen and oxygen atoms in total. The minimum absolute atomic E-state index is 0.0868. The van der Waals surface area contributed by atoms with E-state index in [0.29, 0.717) is 10.6 Å². The van der Waals surface area contributed by atoms with E-state index < -0.39 is 11.2 Å². The van der Waals surface area contributed by atoms with E-state index in [1.807, 2.05) is 0 Å². The minimum atomic E-state index is -1.19. The number of benzene rings is 1. The van der Waals surface area contributed by atoms with Crippen molar-refractivity contribution in [3.8, 4) is 0 Å². The first-order valence-electron chi connectivity index (χ1n) is 4.09. The normalized spacial score (nSPS) is 12.2. The fraction of sp³-hybridized carbons (Fsp3) is 0.222. The number of nitrogens with two attached hydrogens (primary N) is 1. The molecule has 0 aromatic heterocycles. The van der Waals surface area contributed by atoms with Crippen LogP contribution in [0.2, 0.25) is 0 Å². The fourth-order valence-electron chi connectivity index (χ4n) is 1.01. The Bertz CT molecular complexity index is 330. The third kappa shape index (κ3) is 3.02. The Morgan fingerprint density at radius 2 is 2.36 bits per heavy atom. The Labute approximate surface area is 85.7 Å². The van der Waals surface area contributed by atoms with Gasteiger partial charge in [0.2, 0.25) is 5.91 Å². The second kappa shape index (κ2) is 4.99. The molecule has 0 bridgehead atoms. The van der Waals surface area contributed by atoms with Crippen molar-refractivity contribution < 1.29 is 9.35 Å². The highest BCUT2D eigenvalue weighted by Crippen LogP contribution is 2.15. The predicted molar refractivity (Wildman–Crippen MR) is 56.2 cm³/mol. The fourth-order valence-corrected chi connectivity index (χ4v) is 1.70. The summed E-state index contributed by atoms with van der Waals surface area (Å²) in [6, 6.07) is 6.84. The lowest BCUT2D eigenvalue weighted by Gasteiger charge is -2.08. The lowest BCUT2D eigenvalue weighted by molar-refractivity contribution is -0.114. The van der Waals surface area contributed by atoms with Gasteiger partial charge < -0.3 is 9.87 Å². The molecule has 1 amide bonds. The van der Waals surface area contributed by atoms with E-state index in [-0.39, 0.29) is 11.8 Å². The largest absolute Gasteiger partial charge is 0.610 e. The predicted octanol–water partition coefficient (Wildman–Crippen LogP) is 0.669. The standard InChI is InChI=1S/C9H12N2O2S/c1-7(12)11-8-3-2-4-9(5-8)14(13)6-10/h2-5H,6,10H2,1H3,(H,11,12). The summed E-state index contributed by atoms with van der Waals surface area (Å²) >= 11 is -1.19. The van der Waals surface area contributed by atoms with Gasteiger partial charge in [-0.2, -0.15) is 0 Å². The van der Waals surface area contributed by atoms with Gasteiger partial charge in [-0.25, -0.2) is 0 Å². The van der Waals surface area contributed by atoms with E-state index in [1.165, 1.54) is 6.92 Å². The maximum atomic E-state index is 11.3. The number of amides is 1. The summed E-state index contributed by atoms with van der Waals surface area (Å²) in [6.07, 6.45) is 0. The number of anilines is 1. The summed E-state index contributed by atoms with van der Waals surface area (Å²) in [5, 5.41) is 2.61. The van der Waals surface area contributed by atoms with Gasteiger partial charge in [-0.05, 0) is 12.1 Å². The molecule has 1 aromatic carbocycles. The molecule has 1 rings (SSSR count). The van der Waals surface area contributed by atoms with E-state index in [9.17, 15) is 9.35 Å². The van der Waals surface area contributed by atoms with Gasteiger partial charge in [-0.3, -0.25) is 10.5 Å². The number of carbonyl (C=O) groups excluding carboxylic acids is 1. The smallest absolute Gasteiger partial charge is 0.221 e. The van der Waals surface area contributed by atoms with Crippen LogP contribution in [0.15, 0.2) is 29.2 Å². The van der Waals surface area contributed by atoms with Crippen molar-refractivity contribution in [3.63, 3.8) is 0 Å². The quantitative estimate of drug-likeness (QED) is 0.723. The van der Waals surface area contributed by atoms with Crippen LogP contribution in [0, 0.1) is 0 Å². The summed E-state index contributed by atoms with van der Waals surface area (Å²) in [5.41, 5.74) is 5.90. The topological polar surface area (TPSA) is 78.2 Å². The molecule has 0 aliphatic heterocycles. The molecular weight excluding hydrogens is 200 g/mol. The number of nitrogens with one attached hydrogen (secondary N) is 1. The van der Waals surface area contributed by atoms with Crippen molar-refractivity contribution in [1.29, 1.82) is 0 Å². The van der Waals surface area contributed by atoms with Gasteiger partial charge >= 0.3 is 0 Å². The van der Waals surface area contributed by atoms with E-state index in [2.05, 4.69) is 5.32 Å². The zero-order valence-corrected chi connectivity index (χ0v) is 8.64. The van der Waals surface area contributed by atoms with Crippen LogP contribution >= 0.6 is 0 Å². The third-order valence-corrected chi connectivity index (χ3v) is 2.65. The van der Waals surface area contributed by atoms with Crippen LogP contribution in [0.5, 0.6) is 0 Å². The molecule has 0 saturated carbocycles. The van der Waals surface area contributed by atoms with Gasteiger partial charge in [0, 0.05) is 29.9 Å². The van der Waals surface area contributed by atoms with E-state index >= 15 is 0 Å². The first kappa shape index (κ1) is 11.0. The average molecular weight is 212 g/mol. The lowest BCUT2D eigenvalue weighted by Crippen LogP contribution is -2.15. The third-order valence-electron chi connectivity index (χ3n) is 1.57. The molecule has 1 aromatic rings. The molecule has 3 N–H and O–H groups in total. The van der Waals surface area contributed by atoms with Gasteiger partial charge in [0.25, 0.3) is 0 Å². The van der Waals surface area contributed by atoms with Crippen molar-refractivity contribution >= 4 is 22.8 Å². The van der Waals surface area contributed by atoms with Gasteiger partial charge in [0.1, 0.15) is 0 Å². The zero-order valence-electron chi connectivity index (χ0n) is 7.82. The molecule has 0 aliphatic carbocycles. The van der Waals surface area contributed by atoms with Gasteiger partial charge in [0.15, 0.2) is 10.8 Å². The minimum Gasteiger partial charge on any atom is -0.610 e. The molecular formula is C9H12N2O2S. The van der Waals surface area contributed by atoms with Crippen LogP contribution in [-0.4, -0.2) is 16.3 Å². The maximum Gasteiger partial charge on any atom is 0.221 e. The van der Waals surface area contributed by atoms with Crippen molar-refractivity contribution in [2.75, 3.05) is 11.2 Å². The molecule has 0 radical (unpaired) electrons. The van der Waals surface area contributed by atoms with Crippen molar-refractivity contribution in [2.45, 2.75) is 11.8 Å². The molecule has 5 heteroatoms. The maximum absolute atomic E-state index is 11.3.